The molecule has 0 aliphatic heterocycles. The molecule has 0 aromatic heterocycles. The highest BCUT2D eigenvalue weighted by molar-refractivity contribution is 5.94. The summed E-state index contributed by atoms with van der Waals surface area (Å²) in [6.07, 6.45) is -2.06. The molecule has 0 spiro atoms. The number of rotatable bonds is 14. The summed E-state index contributed by atoms with van der Waals surface area (Å²) in [6, 6.07) is -4.53. The Hall–Kier alpha value is -3.75. The van der Waals surface area contributed by atoms with Crippen LogP contribution in [0.4, 0.5) is 0 Å². The van der Waals surface area contributed by atoms with Gasteiger partial charge in [-0.15, -0.1) is 0 Å². The maximum absolute atomic E-state index is 12.3. The van der Waals surface area contributed by atoms with Gasteiger partial charge in [0.1, 0.15) is 12.1 Å². The highest BCUT2D eigenvalue weighted by Crippen LogP contribution is 2.01. The Labute approximate surface area is 169 Å². The van der Waals surface area contributed by atoms with Crippen molar-refractivity contribution in [1.29, 1.82) is 0 Å². The molecule has 0 saturated heterocycles. The second-order valence-electron chi connectivity index (χ2n) is 6.12. The maximum atomic E-state index is 12.3. The van der Waals surface area contributed by atoms with Crippen LogP contribution in [0.3, 0.4) is 0 Å². The van der Waals surface area contributed by atoms with Gasteiger partial charge in [0.2, 0.25) is 29.5 Å². The number of carbonyl (C=O) groups is 7. The van der Waals surface area contributed by atoms with Crippen LogP contribution in [0.1, 0.15) is 25.7 Å². The quantitative estimate of drug-likeness (QED) is 0.129. The number of carbonyl (C=O) groups excluding carboxylic acids is 5. The highest BCUT2D eigenvalue weighted by atomic mass is 16.4. The number of nitrogens with one attached hydrogen (secondary N) is 3. The molecule has 0 aromatic rings. The fourth-order valence-electron chi connectivity index (χ4n) is 2.06. The van der Waals surface area contributed by atoms with Crippen molar-refractivity contribution in [3.05, 3.63) is 0 Å². The second kappa shape index (κ2) is 12.7. The van der Waals surface area contributed by atoms with Crippen molar-refractivity contribution < 1.29 is 43.8 Å². The molecule has 0 aliphatic carbocycles. The van der Waals surface area contributed by atoms with Crippen molar-refractivity contribution in [2.24, 2.45) is 17.2 Å². The number of hydrogen-bond acceptors (Lipinski definition) is 8. The first-order chi connectivity index (χ1) is 13.8. The summed E-state index contributed by atoms with van der Waals surface area (Å²) >= 11 is 0. The van der Waals surface area contributed by atoms with Crippen LogP contribution in [0.15, 0.2) is 0 Å². The largest absolute Gasteiger partial charge is 0.481 e. The molecule has 0 radical (unpaired) electrons. The minimum Gasteiger partial charge on any atom is -0.481 e. The van der Waals surface area contributed by atoms with Crippen molar-refractivity contribution >= 4 is 41.5 Å². The zero-order valence-corrected chi connectivity index (χ0v) is 15.8. The van der Waals surface area contributed by atoms with E-state index in [0.717, 1.165) is 0 Å². The normalized spacial score (nSPS) is 13.2. The molecule has 0 aromatic carbocycles. The summed E-state index contributed by atoms with van der Waals surface area (Å²) < 4.78 is 0. The first-order valence-electron chi connectivity index (χ1n) is 8.47. The van der Waals surface area contributed by atoms with Gasteiger partial charge in [0.25, 0.3) is 0 Å². The Morgan fingerprint density at radius 1 is 0.800 bits per heavy atom. The van der Waals surface area contributed by atoms with Crippen molar-refractivity contribution in [3.63, 3.8) is 0 Å². The van der Waals surface area contributed by atoms with E-state index in [1.54, 1.807) is 0 Å². The number of carboxylic acid groups (broad SMARTS) is 2. The van der Waals surface area contributed by atoms with Crippen LogP contribution < -0.4 is 33.2 Å². The monoisotopic (exact) mass is 432 g/mol. The van der Waals surface area contributed by atoms with Crippen LogP contribution in [0.25, 0.3) is 0 Å². The van der Waals surface area contributed by atoms with E-state index in [4.69, 9.17) is 27.4 Å². The van der Waals surface area contributed by atoms with Gasteiger partial charge in [0.15, 0.2) is 0 Å². The fraction of sp³-hybridized carbons (Fsp3) is 0.533. The van der Waals surface area contributed by atoms with Crippen molar-refractivity contribution in [1.82, 2.24) is 16.0 Å². The molecule has 15 nitrogen and oxygen atoms in total. The van der Waals surface area contributed by atoms with Crippen molar-refractivity contribution in [3.8, 4) is 0 Å². The summed E-state index contributed by atoms with van der Waals surface area (Å²) in [5.41, 5.74) is 15.3. The molecule has 0 rings (SSSR count). The number of hydrogen-bond donors (Lipinski definition) is 8. The van der Waals surface area contributed by atoms with Gasteiger partial charge in [0, 0.05) is 6.42 Å². The summed E-state index contributed by atoms with van der Waals surface area (Å²) in [6.45, 7) is -0.664. The lowest BCUT2D eigenvalue weighted by atomic mass is 10.1. The lowest BCUT2D eigenvalue weighted by Gasteiger charge is -2.21. The molecule has 0 saturated carbocycles. The van der Waals surface area contributed by atoms with E-state index < -0.39 is 79.0 Å². The van der Waals surface area contributed by atoms with Crippen LogP contribution >= 0.6 is 0 Å². The van der Waals surface area contributed by atoms with E-state index in [0.29, 0.717) is 0 Å². The smallest absolute Gasteiger partial charge is 0.326 e. The fourth-order valence-corrected chi connectivity index (χ4v) is 2.06. The number of aliphatic carboxylic acids is 2. The molecule has 0 heterocycles. The molecule has 30 heavy (non-hydrogen) atoms. The minimum atomic E-state index is -1.78. The Morgan fingerprint density at radius 3 is 1.87 bits per heavy atom. The first-order valence-corrected chi connectivity index (χ1v) is 8.47. The van der Waals surface area contributed by atoms with Crippen molar-refractivity contribution in [2.45, 2.75) is 43.8 Å². The van der Waals surface area contributed by atoms with Crippen LogP contribution in [0.5, 0.6) is 0 Å². The average Bonchev–Trinajstić information content (AvgIpc) is 2.61. The van der Waals surface area contributed by atoms with Crippen LogP contribution in [-0.4, -0.2) is 76.4 Å². The van der Waals surface area contributed by atoms with Gasteiger partial charge in [-0.25, -0.2) is 4.79 Å². The third-order valence-corrected chi connectivity index (χ3v) is 3.51. The number of amides is 5. The molecular weight excluding hydrogens is 408 g/mol. The maximum Gasteiger partial charge on any atom is 0.326 e. The predicted molar refractivity (Wildman–Crippen MR) is 97.0 cm³/mol. The molecule has 3 atom stereocenters. The summed E-state index contributed by atoms with van der Waals surface area (Å²) in [5.74, 6) is -7.61. The average molecular weight is 432 g/mol. The Balaban J connectivity index is 5.00. The Kier molecular flexibility index (Phi) is 11.1. The topological polar surface area (TPSA) is 274 Å². The summed E-state index contributed by atoms with van der Waals surface area (Å²) in [5, 5.41) is 23.9. The van der Waals surface area contributed by atoms with Crippen molar-refractivity contribution in [2.75, 3.05) is 6.54 Å². The van der Waals surface area contributed by atoms with Gasteiger partial charge in [-0.1, -0.05) is 0 Å². The van der Waals surface area contributed by atoms with E-state index >= 15 is 0 Å². The molecule has 5 amide bonds. The molecular formula is C15H24N6O9. The van der Waals surface area contributed by atoms with E-state index in [1.807, 2.05) is 5.32 Å². The lowest BCUT2D eigenvalue weighted by molar-refractivity contribution is -0.147. The van der Waals surface area contributed by atoms with E-state index in [-0.39, 0.29) is 12.8 Å². The van der Waals surface area contributed by atoms with E-state index in [1.165, 1.54) is 0 Å². The molecule has 11 N–H and O–H groups in total. The Bertz CT molecular complexity index is 711. The summed E-state index contributed by atoms with van der Waals surface area (Å²) in [4.78, 5) is 79.4. The summed E-state index contributed by atoms with van der Waals surface area (Å²) in [7, 11) is 0. The third kappa shape index (κ3) is 11.2. The molecule has 0 aliphatic rings. The first kappa shape index (κ1) is 26.2. The van der Waals surface area contributed by atoms with Crippen LogP contribution in [0.2, 0.25) is 0 Å². The van der Waals surface area contributed by atoms with Gasteiger partial charge in [0.05, 0.1) is 25.4 Å². The molecule has 15 heteroatoms. The second-order valence-corrected chi connectivity index (χ2v) is 6.12. The number of nitrogens with two attached hydrogens (primary N) is 3. The molecule has 168 valence electrons. The van der Waals surface area contributed by atoms with E-state index in [2.05, 4.69) is 10.6 Å². The number of carboxylic acids is 2. The van der Waals surface area contributed by atoms with Crippen LogP contribution in [0, 0.1) is 0 Å². The SMILES string of the molecule is NC(=O)CCC(NC(=O)CNC(=O)C(N)CC(N)=O)C(=O)NC(CC(=O)O)C(=O)O. The zero-order valence-electron chi connectivity index (χ0n) is 15.8. The minimum absolute atomic E-state index is 0.318. The zero-order chi connectivity index (χ0) is 23.4. The Morgan fingerprint density at radius 2 is 1.40 bits per heavy atom. The third-order valence-electron chi connectivity index (χ3n) is 3.51. The van der Waals surface area contributed by atoms with Gasteiger partial charge < -0.3 is 43.4 Å². The lowest BCUT2D eigenvalue weighted by Crippen LogP contribution is -2.54. The van der Waals surface area contributed by atoms with Gasteiger partial charge in [-0.2, -0.15) is 0 Å². The number of primary amides is 2. The van der Waals surface area contributed by atoms with Gasteiger partial charge >= 0.3 is 11.9 Å². The molecule has 0 fully saturated rings. The highest BCUT2D eigenvalue weighted by Gasteiger charge is 2.28. The molecule has 3 unspecified atom stereocenters. The molecule has 0 bridgehead atoms. The van der Waals surface area contributed by atoms with E-state index in [9.17, 15) is 33.6 Å². The van der Waals surface area contributed by atoms with Gasteiger partial charge in [-0.3, -0.25) is 28.8 Å². The van der Waals surface area contributed by atoms with Crippen LogP contribution in [-0.2, 0) is 33.6 Å². The van der Waals surface area contributed by atoms with Gasteiger partial charge in [-0.05, 0) is 6.42 Å². The standard InChI is InChI=1S/C15H24N6O9/c16-6(3-10(18)23)13(27)19-5-11(24)20-7(1-2-9(17)22)14(28)21-8(15(29)30)4-12(25)26/h6-8H,1-5,16H2,(H2,17,22)(H2,18,23)(H,19,27)(H,20,24)(H,21,28)(H,25,26)(H,29,30). The predicted octanol–water partition coefficient (Wildman–Crippen LogP) is -4.90.